The molecule has 1 fully saturated rings. The molecule has 0 aliphatic carbocycles. The highest BCUT2D eigenvalue weighted by Crippen LogP contribution is 2.17. The standard InChI is InChI=1S/C26H33N3O3/c30-26(13-16-29-14-5-2-6-15-29)28-23-11-9-22(10-12-23)18-27-24(25-19-31-20-32-25)17-21-7-3-1-4-8-21/h1,3-4,7-12,19,24,27H,2,5-6,13-18,20H2,(H,28,30). The number of rotatable bonds is 10. The van der Waals surface area contributed by atoms with Gasteiger partial charge in [0.05, 0.1) is 6.04 Å². The fourth-order valence-electron chi connectivity index (χ4n) is 4.17. The lowest BCUT2D eigenvalue weighted by Crippen LogP contribution is -2.33. The molecule has 6 nitrogen and oxygen atoms in total. The predicted octanol–water partition coefficient (Wildman–Crippen LogP) is 4.05. The van der Waals surface area contributed by atoms with E-state index >= 15 is 0 Å². The Morgan fingerprint density at radius 1 is 0.969 bits per heavy atom. The van der Waals surface area contributed by atoms with Gasteiger partial charge >= 0.3 is 0 Å². The number of carbonyl (C=O) groups is 1. The predicted molar refractivity (Wildman–Crippen MR) is 126 cm³/mol. The molecule has 1 unspecified atom stereocenters. The number of hydrogen-bond acceptors (Lipinski definition) is 5. The maximum atomic E-state index is 12.3. The van der Waals surface area contributed by atoms with Crippen molar-refractivity contribution in [2.45, 2.75) is 44.7 Å². The molecule has 170 valence electrons. The Morgan fingerprint density at radius 3 is 2.47 bits per heavy atom. The summed E-state index contributed by atoms with van der Waals surface area (Å²) in [5, 5.41) is 6.60. The smallest absolute Gasteiger partial charge is 0.229 e. The monoisotopic (exact) mass is 435 g/mol. The molecule has 2 aliphatic rings. The van der Waals surface area contributed by atoms with E-state index in [1.54, 1.807) is 6.26 Å². The number of anilines is 1. The van der Waals surface area contributed by atoms with Crippen molar-refractivity contribution in [2.75, 3.05) is 31.7 Å². The Labute approximate surface area is 190 Å². The van der Waals surface area contributed by atoms with Crippen LogP contribution in [-0.2, 0) is 27.2 Å². The van der Waals surface area contributed by atoms with Gasteiger partial charge in [-0.3, -0.25) is 4.79 Å². The molecule has 0 bridgehead atoms. The molecule has 2 aliphatic heterocycles. The SMILES string of the molecule is O=C(CCN1CCCCC1)Nc1ccc(CNC(Cc2ccccc2)C2=COCO2)cc1. The lowest BCUT2D eigenvalue weighted by molar-refractivity contribution is -0.116. The maximum Gasteiger partial charge on any atom is 0.229 e. The van der Waals surface area contributed by atoms with Crippen molar-refractivity contribution in [3.63, 3.8) is 0 Å². The Bertz CT molecular complexity index is 877. The summed E-state index contributed by atoms with van der Waals surface area (Å²) in [5.41, 5.74) is 3.23. The van der Waals surface area contributed by atoms with Crippen LogP contribution in [0.3, 0.4) is 0 Å². The van der Waals surface area contributed by atoms with E-state index in [0.29, 0.717) is 13.0 Å². The van der Waals surface area contributed by atoms with Crippen molar-refractivity contribution in [3.8, 4) is 0 Å². The lowest BCUT2D eigenvalue weighted by Gasteiger charge is -2.25. The van der Waals surface area contributed by atoms with Crippen molar-refractivity contribution in [2.24, 2.45) is 0 Å². The molecule has 32 heavy (non-hydrogen) atoms. The minimum atomic E-state index is 0.0362. The maximum absolute atomic E-state index is 12.3. The zero-order chi connectivity index (χ0) is 22.0. The Morgan fingerprint density at radius 2 is 1.75 bits per heavy atom. The van der Waals surface area contributed by atoms with Crippen molar-refractivity contribution in [1.82, 2.24) is 10.2 Å². The molecule has 0 aromatic heterocycles. The molecular formula is C26H33N3O3. The van der Waals surface area contributed by atoms with Crippen molar-refractivity contribution in [3.05, 3.63) is 77.7 Å². The zero-order valence-corrected chi connectivity index (χ0v) is 18.6. The Balaban J connectivity index is 1.26. The Kier molecular flexibility index (Phi) is 8.17. The third-order valence-electron chi connectivity index (χ3n) is 6.01. The second-order valence-corrected chi connectivity index (χ2v) is 8.47. The lowest BCUT2D eigenvalue weighted by atomic mass is 10.0. The largest absolute Gasteiger partial charge is 0.462 e. The van der Waals surface area contributed by atoms with Gasteiger partial charge in [0.1, 0.15) is 6.26 Å². The summed E-state index contributed by atoms with van der Waals surface area (Å²) in [4.78, 5) is 14.7. The van der Waals surface area contributed by atoms with Crippen LogP contribution in [0.5, 0.6) is 0 Å². The Hall–Kier alpha value is -2.83. The molecule has 4 rings (SSSR count). The number of hydrogen-bond donors (Lipinski definition) is 2. The van der Waals surface area contributed by atoms with Gasteiger partial charge in [-0.1, -0.05) is 48.9 Å². The van der Waals surface area contributed by atoms with E-state index in [1.807, 2.05) is 42.5 Å². The number of nitrogens with zero attached hydrogens (tertiary/aromatic N) is 1. The summed E-state index contributed by atoms with van der Waals surface area (Å²) in [6.07, 6.45) is 6.88. The van der Waals surface area contributed by atoms with Gasteiger partial charge in [0.15, 0.2) is 5.76 Å². The second-order valence-electron chi connectivity index (χ2n) is 8.47. The minimum Gasteiger partial charge on any atom is -0.462 e. The van der Waals surface area contributed by atoms with Crippen LogP contribution in [0.4, 0.5) is 5.69 Å². The van der Waals surface area contributed by atoms with Crippen molar-refractivity contribution in [1.29, 1.82) is 0 Å². The average Bonchev–Trinajstić information content (AvgIpc) is 3.38. The van der Waals surface area contributed by atoms with Crippen LogP contribution in [0.25, 0.3) is 0 Å². The van der Waals surface area contributed by atoms with Gasteiger partial charge in [-0.2, -0.15) is 0 Å². The highest BCUT2D eigenvalue weighted by molar-refractivity contribution is 5.90. The van der Waals surface area contributed by atoms with Gasteiger partial charge in [-0.05, 0) is 55.6 Å². The van der Waals surface area contributed by atoms with Crippen LogP contribution in [0.1, 0.15) is 36.8 Å². The summed E-state index contributed by atoms with van der Waals surface area (Å²) in [6, 6.07) is 18.4. The average molecular weight is 436 g/mol. The molecule has 0 radical (unpaired) electrons. The summed E-state index contributed by atoms with van der Waals surface area (Å²) in [7, 11) is 0. The van der Waals surface area contributed by atoms with Crippen LogP contribution >= 0.6 is 0 Å². The van der Waals surface area contributed by atoms with Gasteiger partial charge in [0.25, 0.3) is 0 Å². The second kappa shape index (κ2) is 11.7. The van der Waals surface area contributed by atoms with Crippen LogP contribution in [0, 0.1) is 0 Å². The van der Waals surface area contributed by atoms with E-state index in [1.165, 1.54) is 24.8 Å². The fraction of sp³-hybridized carbons (Fsp3) is 0.423. The normalized spacial score (nSPS) is 17.2. The topological polar surface area (TPSA) is 62.8 Å². The first-order valence-electron chi connectivity index (χ1n) is 11.6. The molecular weight excluding hydrogens is 402 g/mol. The number of likely N-dealkylation sites (tertiary alicyclic amines) is 1. The van der Waals surface area contributed by atoms with Crippen LogP contribution in [0.15, 0.2) is 66.6 Å². The zero-order valence-electron chi connectivity index (χ0n) is 18.6. The first kappa shape index (κ1) is 22.4. The van der Waals surface area contributed by atoms with E-state index < -0.39 is 0 Å². The van der Waals surface area contributed by atoms with Crippen molar-refractivity contribution < 1.29 is 14.3 Å². The quantitative estimate of drug-likeness (QED) is 0.590. The molecule has 2 heterocycles. The van der Waals surface area contributed by atoms with E-state index in [-0.39, 0.29) is 18.7 Å². The minimum absolute atomic E-state index is 0.0362. The number of nitrogens with one attached hydrogen (secondary N) is 2. The van der Waals surface area contributed by atoms with Gasteiger partial charge in [0, 0.05) is 25.2 Å². The molecule has 2 aromatic carbocycles. The van der Waals surface area contributed by atoms with Gasteiger partial charge in [0.2, 0.25) is 12.7 Å². The summed E-state index contributed by atoms with van der Waals surface area (Å²) in [5.74, 6) is 0.904. The molecule has 0 saturated carbocycles. The molecule has 2 N–H and O–H groups in total. The third-order valence-corrected chi connectivity index (χ3v) is 6.01. The first-order valence-corrected chi connectivity index (χ1v) is 11.6. The summed E-state index contributed by atoms with van der Waals surface area (Å²) < 4.78 is 10.9. The molecule has 1 amide bonds. The van der Waals surface area contributed by atoms with E-state index in [9.17, 15) is 4.79 Å². The molecule has 1 atom stereocenters. The van der Waals surface area contributed by atoms with E-state index in [4.69, 9.17) is 9.47 Å². The number of carbonyl (C=O) groups excluding carboxylic acids is 1. The van der Waals surface area contributed by atoms with Gasteiger partial charge in [-0.25, -0.2) is 0 Å². The molecule has 0 spiro atoms. The number of piperidine rings is 1. The van der Waals surface area contributed by atoms with Crippen LogP contribution in [0.2, 0.25) is 0 Å². The number of amides is 1. The van der Waals surface area contributed by atoms with Crippen molar-refractivity contribution >= 4 is 11.6 Å². The van der Waals surface area contributed by atoms with E-state index in [0.717, 1.165) is 43.1 Å². The van der Waals surface area contributed by atoms with Crippen LogP contribution < -0.4 is 10.6 Å². The molecule has 2 aromatic rings. The highest BCUT2D eigenvalue weighted by atomic mass is 16.7. The van der Waals surface area contributed by atoms with E-state index in [2.05, 4.69) is 27.7 Å². The molecule has 1 saturated heterocycles. The highest BCUT2D eigenvalue weighted by Gasteiger charge is 2.20. The van der Waals surface area contributed by atoms with Crippen LogP contribution in [-0.4, -0.2) is 43.3 Å². The number of benzene rings is 2. The fourth-order valence-corrected chi connectivity index (χ4v) is 4.17. The third kappa shape index (κ3) is 6.84. The van der Waals surface area contributed by atoms with Gasteiger partial charge < -0.3 is 25.0 Å². The summed E-state index contributed by atoms with van der Waals surface area (Å²) >= 11 is 0. The molecule has 6 heteroatoms. The number of ether oxygens (including phenoxy) is 2. The summed E-state index contributed by atoms with van der Waals surface area (Å²) in [6.45, 7) is 4.05. The first-order chi connectivity index (χ1) is 15.8. The van der Waals surface area contributed by atoms with Gasteiger partial charge in [-0.15, -0.1) is 0 Å².